The normalized spacial score (nSPS) is 16.7. The summed E-state index contributed by atoms with van der Waals surface area (Å²) in [5, 5.41) is 2.84. The standard InChI is InChI=1S/C9H11NO3/c1-6-8(2-3-13-6)9(11)10-7-4-12-5-7/h2-3,7H,4-5H2,1H3,(H,10,11). The fourth-order valence-corrected chi connectivity index (χ4v) is 1.20. The van der Waals surface area contributed by atoms with Crippen LogP contribution in [0.3, 0.4) is 0 Å². The van der Waals surface area contributed by atoms with E-state index in [-0.39, 0.29) is 11.9 Å². The van der Waals surface area contributed by atoms with Crippen LogP contribution < -0.4 is 5.32 Å². The van der Waals surface area contributed by atoms with Crippen molar-refractivity contribution in [3.05, 3.63) is 23.7 Å². The first kappa shape index (κ1) is 8.31. The molecular formula is C9H11NO3. The molecule has 0 spiro atoms. The SMILES string of the molecule is Cc1occc1C(=O)NC1COC1. The van der Waals surface area contributed by atoms with Crippen LogP contribution in [0.25, 0.3) is 0 Å². The molecule has 70 valence electrons. The zero-order valence-corrected chi connectivity index (χ0v) is 7.37. The number of hydrogen-bond donors (Lipinski definition) is 1. The largest absolute Gasteiger partial charge is 0.469 e. The molecule has 0 aromatic carbocycles. The monoisotopic (exact) mass is 181 g/mol. The fourth-order valence-electron chi connectivity index (χ4n) is 1.20. The first-order valence-corrected chi connectivity index (χ1v) is 4.20. The van der Waals surface area contributed by atoms with Crippen molar-refractivity contribution in [1.29, 1.82) is 0 Å². The second-order valence-corrected chi connectivity index (χ2v) is 3.10. The van der Waals surface area contributed by atoms with Crippen LogP contribution in [0.5, 0.6) is 0 Å². The molecule has 2 heterocycles. The summed E-state index contributed by atoms with van der Waals surface area (Å²) in [4.78, 5) is 11.5. The maximum absolute atomic E-state index is 11.5. The minimum absolute atomic E-state index is 0.0837. The predicted octanol–water partition coefficient (Wildman–Crippen LogP) is 0.717. The molecule has 1 aliphatic rings. The van der Waals surface area contributed by atoms with Gasteiger partial charge in [0.15, 0.2) is 0 Å². The molecule has 1 amide bonds. The van der Waals surface area contributed by atoms with Crippen LogP contribution in [0.4, 0.5) is 0 Å². The molecule has 1 aliphatic heterocycles. The highest BCUT2D eigenvalue weighted by molar-refractivity contribution is 5.95. The predicted molar refractivity (Wildman–Crippen MR) is 45.5 cm³/mol. The number of furan rings is 1. The van der Waals surface area contributed by atoms with Crippen molar-refractivity contribution in [2.45, 2.75) is 13.0 Å². The van der Waals surface area contributed by atoms with Gasteiger partial charge in [-0.25, -0.2) is 0 Å². The van der Waals surface area contributed by atoms with E-state index in [0.717, 1.165) is 0 Å². The molecule has 1 saturated heterocycles. The Bertz CT molecular complexity index is 314. The van der Waals surface area contributed by atoms with Crippen LogP contribution in [-0.4, -0.2) is 25.2 Å². The lowest BCUT2D eigenvalue weighted by atomic mass is 10.2. The maximum atomic E-state index is 11.5. The smallest absolute Gasteiger partial charge is 0.255 e. The van der Waals surface area contributed by atoms with Crippen LogP contribution in [0.1, 0.15) is 16.1 Å². The molecule has 4 nitrogen and oxygen atoms in total. The molecule has 0 saturated carbocycles. The number of ether oxygens (including phenoxy) is 1. The van der Waals surface area contributed by atoms with E-state index in [1.807, 2.05) is 0 Å². The van der Waals surface area contributed by atoms with Crippen molar-refractivity contribution in [2.24, 2.45) is 0 Å². The molecule has 0 bridgehead atoms. The number of aryl methyl sites for hydroxylation is 1. The number of carbonyl (C=O) groups is 1. The van der Waals surface area contributed by atoms with E-state index in [4.69, 9.17) is 9.15 Å². The lowest BCUT2D eigenvalue weighted by Gasteiger charge is -2.26. The summed E-state index contributed by atoms with van der Waals surface area (Å²) < 4.78 is 9.97. The van der Waals surface area contributed by atoms with Gasteiger partial charge < -0.3 is 14.5 Å². The highest BCUT2D eigenvalue weighted by atomic mass is 16.5. The van der Waals surface area contributed by atoms with Gasteiger partial charge >= 0.3 is 0 Å². The van der Waals surface area contributed by atoms with Gasteiger partial charge in [-0.1, -0.05) is 0 Å². The van der Waals surface area contributed by atoms with Gasteiger partial charge in [0.05, 0.1) is 31.1 Å². The third-order valence-electron chi connectivity index (χ3n) is 2.08. The summed E-state index contributed by atoms with van der Waals surface area (Å²) in [6.07, 6.45) is 1.52. The summed E-state index contributed by atoms with van der Waals surface area (Å²) >= 11 is 0. The Balaban J connectivity index is 2.00. The molecule has 13 heavy (non-hydrogen) atoms. The number of hydrogen-bond acceptors (Lipinski definition) is 3. The van der Waals surface area contributed by atoms with E-state index >= 15 is 0 Å². The summed E-state index contributed by atoms with van der Waals surface area (Å²) in [5.41, 5.74) is 0.604. The Hall–Kier alpha value is -1.29. The Morgan fingerprint density at radius 1 is 1.62 bits per heavy atom. The number of amides is 1. The number of nitrogens with one attached hydrogen (secondary N) is 1. The molecule has 4 heteroatoms. The minimum atomic E-state index is -0.0837. The van der Waals surface area contributed by atoms with Crippen molar-refractivity contribution in [3.8, 4) is 0 Å². The minimum Gasteiger partial charge on any atom is -0.469 e. The average molecular weight is 181 g/mol. The van der Waals surface area contributed by atoms with Gasteiger partial charge in [0, 0.05) is 0 Å². The topological polar surface area (TPSA) is 51.5 Å². The van der Waals surface area contributed by atoms with E-state index in [0.29, 0.717) is 24.5 Å². The molecule has 1 fully saturated rings. The van der Waals surface area contributed by atoms with Crippen molar-refractivity contribution < 1.29 is 13.9 Å². The zero-order valence-electron chi connectivity index (χ0n) is 7.37. The molecule has 1 N–H and O–H groups in total. The molecule has 2 rings (SSSR count). The van der Waals surface area contributed by atoms with Gasteiger partial charge in [0.2, 0.25) is 0 Å². The molecule has 0 aliphatic carbocycles. The quantitative estimate of drug-likeness (QED) is 0.731. The van der Waals surface area contributed by atoms with Gasteiger partial charge in [-0.3, -0.25) is 4.79 Å². The summed E-state index contributed by atoms with van der Waals surface area (Å²) in [6.45, 7) is 3.00. The average Bonchev–Trinajstić information content (AvgIpc) is 2.43. The molecule has 1 aromatic heterocycles. The van der Waals surface area contributed by atoms with Crippen LogP contribution in [0.2, 0.25) is 0 Å². The van der Waals surface area contributed by atoms with E-state index in [1.54, 1.807) is 13.0 Å². The van der Waals surface area contributed by atoms with E-state index in [1.165, 1.54) is 6.26 Å². The first-order valence-electron chi connectivity index (χ1n) is 4.20. The summed E-state index contributed by atoms with van der Waals surface area (Å²) in [7, 11) is 0. The Morgan fingerprint density at radius 2 is 2.38 bits per heavy atom. The number of rotatable bonds is 2. The van der Waals surface area contributed by atoms with Gasteiger partial charge in [0.25, 0.3) is 5.91 Å². The third kappa shape index (κ3) is 1.58. The summed E-state index contributed by atoms with van der Waals surface area (Å²) in [5.74, 6) is 0.567. The van der Waals surface area contributed by atoms with E-state index < -0.39 is 0 Å². The lowest BCUT2D eigenvalue weighted by Crippen LogP contribution is -2.48. The van der Waals surface area contributed by atoms with E-state index in [9.17, 15) is 4.79 Å². The Morgan fingerprint density at radius 3 is 2.85 bits per heavy atom. The highest BCUT2D eigenvalue weighted by Gasteiger charge is 2.22. The van der Waals surface area contributed by atoms with Gasteiger partial charge in [0.1, 0.15) is 5.76 Å². The Kier molecular flexibility index (Phi) is 2.06. The maximum Gasteiger partial charge on any atom is 0.255 e. The van der Waals surface area contributed by atoms with Crippen molar-refractivity contribution in [3.63, 3.8) is 0 Å². The van der Waals surface area contributed by atoms with Crippen molar-refractivity contribution >= 4 is 5.91 Å². The molecule has 0 atom stereocenters. The highest BCUT2D eigenvalue weighted by Crippen LogP contribution is 2.09. The van der Waals surface area contributed by atoms with Crippen LogP contribution in [-0.2, 0) is 4.74 Å². The second kappa shape index (κ2) is 3.22. The lowest BCUT2D eigenvalue weighted by molar-refractivity contribution is -0.00348. The number of carbonyl (C=O) groups excluding carboxylic acids is 1. The van der Waals surface area contributed by atoms with Crippen molar-refractivity contribution in [1.82, 2.24) is 5.32 Å². The van der Waals surface area contributed by atoms with Gasteiger partial charge in [-0.15, -0.1) is 0 Å². The molecule has 1 aromatic rings. The second-order valence-electron chi connectivity index (χ2n) is 3.10. The summed E-state index contributed by atoms with van der Waals surface area (Å²) in [6, 6.07) is 1.84. The van der Waals surface area contributed by atoms with Crippen LogP contribution >= 0.6 is 0 Å². The Labute approximate surface area is 75.9 Å². The van der Waals surface area contributed by atoms with Crippen LogP contribution in [0.15, 0.2) is 16.7 Å². The van der Waals surface area contributed by atoms with Gasteiger partial charge in [-0.2, -0.15) is 0 Å². The fraction of sp³-hybridized carbons (Fsp3) is 0.444. The molecule has 0 unspecified atom stereocenters. The van der Waals surface area contributed by atoms with E-state index in [2.05, 4.69) is 5.32 Å². The molecule has 0 radical (unpaired) electrons. The first-order chi connectivity index (χ1) is 6.27. The van der Waals surface area contributed by atoms with Crippen LogP contribution in [0, 0.1) is 6.92 Å². The molecular weight excluding hydrogens is 170 g/mol. The zero-order chi connectivity index (χ0) is 9.26. The van der Waals surface area contributed by atoms with Crippen molar-refractivity contribution in [2.75, 3.05) is 13.2 Å². The van der Waals surface area contributed by atoms with Gasteiger partial charge in [-0.05, 0) is 13.0 Å². The third-order valence-corrected chi connectivity index (χ3v) is 2.08.